The van der Waals surface area contributed by atoms with Crippen LogP contribution in [-0.4, -0.2) is 46.2 Å². The largest absolute Gasteiger partial charge is 0.350 e. The maximum absolute atomic E-state index is 12.6. The van der Waals surface area contributed by atoms with E-state index in [0.29, 0.717) is 6.54 Å². The van der Waals surface area contributed by atoms with Crippen molar-refractivity contribution in [1.82, 2.24) is 19.8 Å². The normalized spacial score (nSPS) is 23.2. The van der Waals surface area contributed by atoms with E-state index < -0.39 is 0 Å². The van der Waals surface area contributed by atoms with Crippen LogP contribution in [-0.2, 0) is 18.4 Å². The highest BCUT2D eigenvalue weighted by molar-refractivity contribution is 7.98. The summed E-state index contributed by atoms with van der Waals surface area (Å²) >= 11 is 1.61. The zero-order valence-electron chi connectivity index (χ0n) is 13.5. The molecule has 1 aliphatic rings. The smallest absolute Gasteiger partial charge is 0.227 e. The van der Waals surface area contributed by atoms with Crippen molar-refractivity contribution in [2.75, 3.05) is 25.9 Å². The average Bonchev–Trinajstić information content (AvgIpc) is 2.85. The minimum absolute atomic E-state index is 0.160. The molecule has 0 radical (unpaired) electrons. The van der Waals surface area contributed by atoms with Gasteiger partial charge in [-0.2, -0.15) is 0 Å². The molecule has 1 fully saturated rings. The van der Waals surface area contributed by atoms with Gasteiger partial charge in [0.05, 0.1) is 23.9 Å². The highest BCUT2D eigenvalue weighted by Gasteiger charge is 2.37. The molecule has 0 unspecified atom stereocenters. The van der Waals surface area contributed by atoms with E-state index in [1.165, 1.54) is 0 Å². The van der Waals surface area contributed by atoms with Gasteiger partial charge in [0.1, 0.15) is 0 Å². The summed E-state index contributed by atoms with van der Waals surface area (Å²) in [5.41, 5.74) is 0.773. The number of thioether (sulfide) groups is 1. The number of amides is 1. The summed E-state index contributed by atoms with van der Waals surface area (Å²) in [5.74, 6) is 0.160. The quantitative estimate of drug-likeness (QED) is 0.844. The minimum atomic E-state index is -0.269. The molecule has 1 atom stereocenters. The van der Waals surface area contributed by atoms with E-state index in [4.69, 9.17) is 0 Å². The van der Waals surface area contributed by atoms with E-state index in [1.54, 1.807) is 11.8 Å². The number of imidazole rings is 1. The number of piperidine rings is 1. The number of hydrogen-bond acceptors (Lipinski definition) is 4. The molecule has 0 spiro atoms. The van der Waals surface area contributed by atoms with Gasteiger partial charge in [-0.05, 0) is 39.1 Å². The number of aromatic nitrogens is 2. The van der Waals surface area contributed by atoms with Crippen LogP contribution >= 0.6 is 11.8 Å². The molecule has 1 aromatic rings. The Labute approximate surface area is 131 Å². The van der Waals surface area contributed by atoms with E-state index in [-0.39, 0.29) is 11.3 Å². The van der Waals surface area contributed by atoms with Crippen molar-refractivity contribution in [2.24, 2.45) is 12.5 Å². The third kappa shape index (κ3) is 3.61. The summed E-state index contributed by atoms with van der Waals surface area (Å²) in [6.07, 6.45) is 5.91. The van der Waals surface area contributed by atoms with Gasteiger partial charge in [-0.3, -0.25) is 4.79 Å². The first-order valence-corrected chi connectivity index (χ1v) is 8.78. The topological polar surface area (TPSA) is 50.2 Å². The van der Waals surface area contributed by atoms with Crippen molar-refractivity contribution in [3.63, 3.8) is 0 Å². The first kappa shape index (κ1) is 16.4. The minimum Gasteiger partial charge on any atom is -0.350 e. The van der Waals surface area contributed by atoms with Crippen LogP contribution in [0.1, 0.15) is 32.4 Å². The van der Waals surface area contributed by atoms with Crippen LogP contribution in [0.5, 0.6) is 0 Å². The third-order valence-corrected chi connectivity index (χ3v) is 5.17. The molecule has 5 nitrogen and oxygen atoms in total. The lowest BCUT2D eigenvalue weighted by atomic mass is 9.81. The first-order chi connectivity index (χ1) is 10.00. The van der Waals surface area contributed by atoms with E-state index >= 15 is 0 Å². The van der Waals surface area contributed by atoms with Gasteiger partial charge in [-0.15, -0.1) is 0 Å². The molecule has 1 N–H and O–H groups in total. The number of likely N-dealkylation sites (tertiary alicyclic amines) is 1. The Balaban J connectivity index is 1.96. The van der Waals surface area contributed by atoms with Crippen LogP contribution in [0.25, 0.3) is 0 Å². The summed E-state index contributed by atoms with van der Waals surface area (Å²) in [6.45, 7) is 7.77. The van der Waals surface area contributed by atoms with Crippen molar-refractivity contribution in [3.8, 4) is 0 Å². The Kier molecular flexibility index (Phi) is 5.32. The van der Waals surface area contributed by atoms with Crippen LogP contribution in [0.2, 0.25) is 0 Å². The molecule has 0 aromatic carbocycles. The second-order valence-electron chi connectivity index (χ2n) is 6.01. The highest BCUT2D eigenvalue weighted by atomic mass is 32.2. The fraction of sp³-hybridized carbons (Fsp3) is 0.733. The van der Waals surface area contributed by atoms with Crippen LogP contribution in [0.3, 0.4) is 0 Å². The van der Waals surface area contributed by atoms with E-state index in [0.717, 1.165) is 43.3 Å². The average molecular weight is 310 g/mol. The van der Waals surface area contributed by atoms with Crippen molar-refractivity contribution >= 4 is 17.7 Å². The lowest BCUT2D eigenvalue weighted by Crippen LogP contribution is -2.50. The molecule has 2 rings (SSSR count). The van der Waals surface area contributed by atoms with Crippen LogP contribution in [0, 0.1) is 5.41 Å². The second kappa shape index (κ2) is 6.83. The van der Waals surface area contributed by atoms with E-state index in [1.807, 2.05) is 24.1 Å². The SMILES string of the molecule is CCN1CCC[C@@](C)(C(=O)NCc2cnc(SC)n2C)C1. The first-order valence-electron chi connectivity index (χ1n) is 7.55. The number of carbonyl (C=O) groups is 1. The number of rotatable bonds is 5. The van der Waals surface area contributed by atoms with Crippen molar-refractivity contribution in [3.05, 3.63) is 11.9 Å². The summed E-state index contributed by atoms with van der Waals surface area (Å²) in [7, 11) is 1.99. The molecule has 118 valence electrons. The van der Waals surface area contributed by atoms with Gasteiger partial charge in [0, 0.05) is 13.6 Å². The summed E-state index contributed by atoms with van der Waals surface area (Å²) in [6, 6.07) is 0. The third-order valence-electron chi connectivity index (χ3n) is 4.43. The lowest BCUT2D eigenvalue weighted by molar-refractivity contribution is -0.133. The van der Waals surface area contributed by atoms with Crippen molar-refractivity contribution in [2.45, 2.75) is 38.4 Å². The summed E-state index contributed by atoms with van der Waals surface area (Å²) in [4.78, 5) is 19.3. The Hall–Kier alpha value is -1.01. The van der Waals surface area contributed by atoms with Crippen LogP contribution in [0.15, 0.2) is 11.4 Å². The molecule has 6 heteroatoms. The van der Waals surface area contributed by atoms with Gasteiger partial charge in [-0.25, -0.2) is 4.98 Å². The van der Waals surface area contributed by atoms with Crippen LogP contribution < -0.4 is 5.32 Å². The number of nitrogens with one attached hydrogen (secondary N) is 1. The molecule has 0 saturated carbocycles. The van der Waals surface area contributed by atoms with Gasteiger partial charge < -0.3 is 14.8 Å². The highest BCUT2D eigenvalue weighted by Crippen LogP contribution is 2.29. The predicted octanol–water partition coefficient (Wildman–Crippen LogP) is 1.88. The monoisotopic (exact) mass is 310 g/mol. The van der Waals surface area contributed by atoms with Gasteiger partial charge in [0.25, 0.3) is 0 Å². The summed E-state index contributed by atoms with van der Waals surface area (Å²) in [5, 5.41) is 4.07. The number of hydrogen-bond donors (Lipinski definition) is 1. The molecular formula is C15H26N4OS. The number of nitrogens with zero attached hydrogens (tertiary/aromatic N) is 3. The fourth-order valence-electron chi connectivity index (χ4n) is 2.96. The molecule has 1 aromatic heterocycles. The maximum Gasteiger partial charge on any atom is 0.227 e. The van der Waals surface area contributed by atoms with Crippen LogP contribution in [0.4, 0.5) is 0 Å². The maximum atomic E-state index is 12.6. The Morgan fingerprint density at radius 3 is 2.95 bits per heavy atom. The fourth-order valence-corrected chi connectivity index (χ4v) is 3.51. The molecule has 0 bridgehead atoms. The Bertz CT molecular complexity index is 502. The molecule has 1 saturated heterocycles. The Morgan fingerprint density at radius 1 is 1.57 bits per heavy atom. The molecule has 21 heavy (non-hydrogen) atoms. The molecule has 1 amide bonds. The lowest BCUT2D eigenvalue weighted by Gasteiger charge is -2.38. The predicted molar refractivity (Wildman–Crippen MR) is 86.3 cm³/mol. The van der Waals surface area contributed by atoms with Gasteiger partial charge in [0.2, 0.25) is 5.91 Å². The standard InChI is InChI=1S/C15H26N4OS/c1-5-19-8-6-7-15(2,11-19)13(20)16-9-12-10-17-14(21-4)18(12)3/h10H,5-9,11H2,1-4H3,(H,16,20)/t15-/m1/s1. The van der Waals surface area contributed by atoms with Gasteiger partial charge >= 0.3 is 0 Å². The molecular weight excluding hydrogens is 284 g/mol. The second-order valence-corrected chi connectivity index (χ2v) is 6.78. The zero-order valence-corrected chi connectivity index (χ0v) is 14.3. The van der Waals surface area contributed by atoms with E-state index in [9.17, 15) is 4.79 Å². The summed E-state index contributed by atoms with van der Waals surface area (Å²) < 4.78 is 2.03. The van der Waals surface area contributed by atoms with Crippen molar-refractivity contribution < 1.29 is 4.79 Å². The molecule has 2 heterocycles. The van der Waals surface area contributed by atoms with E-state index in [2.05, 4.69) is 29.0 Å². The molecule has 0 aliphatic carbocycles. The Morgan fingerprint density at radius 2 is 2.33 bits per heavy atom. The van der Waals surface area contributed by atoms with Gasteiger partial charge in [-0.1, -0.05) is 18.7 Å². The zero-order chi connectivity index (χ0) is 15.5. The van der Waals surface area contributed by atoms with Crippen molar-refractivity contribution in [1.29, 1.82) is 0 Å². The molecule has 1 aliphatic heterocycles. The van der Waals surface area contributed by atoms with Gasteiger partial charge in [0.15, 0.2) is 5.16 Å². The number of carbonyl (C=O) groups excluding carboxylic acids is 1.